The summed E-state index contributed by atoms with van der Waals surface area (Å²) in [5, 5.41) is 2.99. The number of nitrogens with one attached hydrogen (secondary N) is 2. The van der Waals surface area contributed by atoms with Crippen molar-refractivity contribution < 1.29 is 0 Å². The van der Waals surface area contributed by atoms with Gasteiger partial charge in [0.25, 0.3) is 5.56 Å². The first kappa shape index (κ1) is 13.3. The Morgan fingerprint density at radius 2 is 2.00 bits per heavy atom. The molecule has 0 spiro atoms. The largest absolute Gasteiger partial charge is 0.383 e. The summed E-state index contributed by atoms with van der Waals surface area (Å²) in [6.45, 7) is 5.03. The van der Waals surface area contributed by atoms with Crippen molar-refractivity contribution in [3.8, 4) is 0 Å². The van der Waals surface area contributed by atoms with Gasteiger partial charge in [-0.3, -0.25) is 14.3 Å². The van der Waals surface area contributed by atoms with Gasteiger partial charge in [0.1, 0.15) is 11.5 Å². The van der Waals surface area contributed by atoms with E-state index in [0.29, 0.717) is 18.8 Å². The van der Waals surface area contributed by atoms with Gasteiger partial charge in [0.05, 0.1) is 0 Å². The normalized spacial score (nSPS) is 10.5. The van der Waals surface area contributed by atoms with Crippen LogP contribution >= 0.6 is 0 Å². The number of rotatable bonds is 6. The molecule has 1 heterocycles. The maximum atomic E-state index is 11.6. The molecule has 0 atom stereocenters. The van der Waals surface area contributed by atoms with Crippen LogP contribution in [0.3, 0.4) is 0 Å². The Morgan fingerprint density at radius 3 is 2.59 bits per heavy atom. The average Bonchev–Trinajstić information content (AvgIpc) is 2.28. The predicted octanol–water partition coefficient (Wildman–Crippen LogP) is 0.741. The fourth-order valence-corrected chi connectivity index (χ4v) is 1.66. The van der Waals surface area contributed by atoms with Gasteiger partial charge < -0.3 is 11.1 Å². The van der Waals surface area contributed by atoms with Crippen molar-refractivity contribution in [2.24, 2.45) is 0 Å². The van der Waals surface area contributed by atoms with E-state index in [9.17, 15) is 9.59 Å². The smallest absolute Gasteiger partial charge is 0.330 e. The highest BCUT2D eigenvalue weighted by molar-refractivity contribution is 5.60. The molecule has 96 valence electrons. The third kappa shape index (κ3) is 3.12. The van der Waals surface area contributed by atoms with Crippen molar-refractivity contribution >= 4 is 11.5 Å². The maximum Gasteiger partial charge on any atom is 0.330 e. The van der Waals surface area contributed by atoms with Gasteiger partial charge in [-0.1, -0.05) is 19.8 Å². The summed E-state index contributed by atoms with van der Waals surface area (Å²) in [6.07, 6.45) is 3.18. The number of nitrogens with zero attached hydrogens (tertiary/aromatic N) is 1. The second kappa shape index (κ2) is 6.12. The lowest BCUT2D eigenvalue weighted by Gasteiger charge is -2.12. The molecule has 0 aromatic carbocycles. The summed E-state index contributed by atoms with van der Waals surface area (Å²) in [6, 6.07) is 0. The van der Waals surface area contributed by atoms with Gasteiger partial charge >= 0.3 is 5.69 Å². The van der Waals surface area contributed by atoms with E-state index in [0.717, 1.165) is 19.3 Å². The third-order valence-corrected chi connectivity index (χ3v) is 2.64. The molecule has 0 unspecified atom stereocenters. The van der Waals surface area contributed by atoms with Gasteiger partial charge in [-0.15, -0.1) is 0 Å². The number of hydrogen-bond donors (Lipinski definition) is 3. The number of hydrogen-bond acceptors (Lipinski definition) is 4. The van der Waals surface area contributed by atoms with Gasteiger partial charge in [-0.05, 0) is 13.3 Å². The highest BCUT2D eigenvalue weighted by atomic mass is 16.2. The molecule has 0 aliphatic rings. The lowest BCUT2D eigenvalue weighted by Crippen LogP contribution is -2.33. The summed E-state index contributed by atoms with van der Waals surface area (Å²) in [5.41, 5.74) is 5.17. The topological polar surface area (TPSA) is 92.9 Å². The molecule has 0 saturated heterocycles. The molecule has 0 bridgehead atoms. The number of unbranched alkanes of at least 4 members (excludes halogenated alkanes) is 2. The van der Waals surface area contributed by atoms with E-state index < -0.39 is 11.2 Å². The number of anilines is 2. The van der Waals surface area contributed by atoms with Crippen molar-refractivity contribution in [3.05, 3.63) is 20.8 Å². The highest BCUT2D eigenvalue weighted by Crippen LogP contribution is 2.09. The molecule has 0 fully saturated rings. The van der Waals surface area contributed by atoms with Crippen LogP contribution in [0, 0.1) is 0 Å². The zero-order valence-electron chi connectivity index (χ0n) is 10.4. The van der Waals surface area contributed by atoms with E-state index in [2.05, 4.69) is 17.2 Å². The molecule has 17 heavy (non-hydrogen) atoms. The quantitative estimate of drug-likeness (QED) is 0.639. The van der Waals surface area contributed by atoms with Gasteiger partial charge in [0.2, 0.25) is 0 Å². The van der Waals surface area contributed by atoms with Crippen LogP contribution in [-0.2, 0) is 6.54 Å². The van der Waals surface area contributed by atoms with Gasteiger partial charge in [-0.25, -0.2) is 4.79 Å². The van der Waals surface area contributed by atoms with Crippen LogP contribution in [0.4, 0.5) is 11.5 Å². The fourth-order valence-electron chi connectivity index (χ4n) is 1.66. The minimum Gasteiger partial charge on any atom is -0.383 e. The Bertz CT molecular complexity index is 475. The van der Waals surface area contributed by atoms with Crippen LogP contribution in [-0.4, -0.2) is 16.1 Å². The number of nitrogens with two attached hydrogens (primary N) is 1. The molecule has 1 rings (SSSR count). The van der Waals surface area contributed by atoms with Gasteiger partial charge in [0, 0.05) is 13.1 Å². The number of H-pyrrole nitrogens is 1. The van der Waals surface area contributed by atoms with Crippen LogP contribution in [0.5, 0.6) is 0 Å². The standard InChI is InChI=1S/C11H20N4O2/c1-3-5-6-7-13-8-9(12)15(4-2)11(17)14-10(8)16/h13H,3-7,12H2,1-2H3,(H,14,16,17). The SMILES string of the molecule is CCCCCNc1c(N)n(CC)c(=O)[nH]c1=O. The van der Waals surface area contributed by atoms with Crippen LogP contribution in [0.1, 0.15) is 33.1 Å². The molecule has 1 aromatic rings. The van der Waals surface area contributed by atoms with E-state index in [1.165, 1.54) is 4.57 Å². The van der Waals surface area contributed by atoms with Gasteiger partial charge in [-0.2, -0.15) is 0 Å². The summed E-state index contributed by atoms with van der Waals surface area (Å²) in [4.78, 5) is 25.3. The predicted molar refractivity (Wildman–Crippen MR) is 69.4 cm³/mol. The minimum absolute atomic E-state index is 0.206. The molecule has 1 aromatic heterocycles. The van der Waals surface area contributed by atoms with Crippen LogP contribution < -0.4 is 22.3 Å². The summed E-state index contributed by atoms with van der Waals surface area (Å²) < 4.78 is 1.34. The zero-order chi connectivity index (χ0) is 12.8. The van der Waals surface area contributed by atoms with Crippen molar-refractivity contribution in [1.29, 1.82) is 0 Å². The molecule has 0 radical (unpaired) electrons. The van der Waals surface area contributed by atoms with Crippen molar-refractivity contribution in [2.75, 3.05) is 17.6 Å². The molecule has 0 amide bonds. The van der Waals surface area contributed by atoms with Crippen molar-refractivity contribution in [3.63, 3.8) is 0 Å². The Morgan fingerprint density at radius 1 is 1.29 bits per heavy atom. The molecule has 0 aliphatic heterocycles. The van der Waals surface area contributed by atoms with E-state index >= 15 is 0 Å². The van der Waals surface area contributed by atoms with Gasteiger partial charge in [0.15, 0.2) is 0 Å². The molecule has 4 N–H and O–H groups in total. The van der Waals surface area contributed by atoms with Crippen LogP contribution in [0.25, 0.3) is 0 Å². The summed E-state index contributed by atoms with van der Waals surface area (Å²) >= 11 is 0. The van der Waals surface area contributed by atoms with E-state index in [1.807, 2.05) is 0 Å². The Labute approximate surface area is 99.8 Å². The van der Waals surface area contributed by atoms with E-state index in [4.69, 9.17) is 5.73 Å². The van der Waals surface area contributed by atoms with E-state index in [1.54, 1.807) is 6.92 Å². The Balaban J connectivity index is 2.92. The minimum atomic E-state index is -0.464. The monoisotopic (exact) mass is 240 g/mol. The molecule has 0 aliphatic carbocycles. The number of nitrogen functional groups attached to an aromatic ring is 1. The first-order valence-electron chi connectivity index (χ1n) is 5.98. The fraction of sp³-hybridized carbons (Fsp3) is 0.636. The first-order chi connectivity index (χ1) is 8.11. The van der Waals surface area contributed by atoms with Crippen LogP contribution in [0.2, 0.25) is 0 Å². The Kier molecular flexibility index (Phi) is 4.81. The van der Waals surface area contributed by atoms with Crippen molar-refractivity contribution in [2.45, 2.75) is 39.7 Å². The summed E-state index contributed by atoms with van der Waals surface area (Å²) in [7, 11) is 0. The first-order valence-corrected chi connectivity index (χ1v) is 5.98. The Hall–Kier alpha value is -1.72. The molecular formula is C11H20N4O2. The third-order valence-electron chi connectivity index (χ3n) is 2.64. The lowest BCUT2D eigenvalue weighted by molar-refractivity contribution is 0.702. The number of aromatic nitrogens is 2. The molecular weight excluding hydrogens is 220 g/mol. The average molecular weight is 240 g/mol. The van der Waals surface area contributed by atoms with Crippen molar-refractivity contribution in [1.82, 2.24) is 9.55 Å². The van der Waals surface area contributed by atoms with Crippen LogP contribution in [0.15, 0.2) is 9.59 Å². The second-order valence-corrected chi connectivity index (χ2v) is 3.90. The highest BCUT2D eigenvalue weighted by Gasteiger charge is 2.10. The molecule has 6 nitrogen and oxygen atoms in total. The van der Waals surface area contributed by atoms with E-state index in [-0.39, 0.29) is 5.82 Å². The molecule has 0 saturated carbocycles. The maximum absolute atomic E-state index is 11.6. The second-order valence-electron chi connectivity index (χ2n) is 3.90. The summed E-state index contributed by atoms with van der Waals surface area (Å²) in [5.74, 6) is 0.206. The number of aromatic amines is 1. The molecule has 6 heteroatoms. The zero-order valence-corrected chi connectivity index (χ0v) is 10.4. The lowest BCUT2D eigenvalue weighted by atomic mass is 10.2.